The highest BCUT2D eigenvalue weighted by Crippen LogP contribution is 2.35. The van der Waals surface area contributed by atoms with Crippen molar-refractivity contribution in [3.8, 4) is 11.1 Å². The quantitative estimate of drug-likeness (QED) is 0.433. The van der Waals surface area contributed by atoms with Gasteiger partial charge in [0, 0.05) is 60.9 Å². The minimum absolute atomic E-state index is 0.0500. The highest BCUT2D eigenvalue weighted by Gasteiger charge is 2.20. The zero-order valence-electron chi connectivity index (χ0n) is 17.1. The van der Waals surface area contributed by atoms with E-state index in [1.807, 2.05) is 35.4 Å². The number of aliphatic imine (C=N–C) groups is 1. The maximum absolute atomic E-state index is 12.7. The molecule has 0 radical (unpaired) electrons. The van der Waals surface area contributed by atoms with Gasteiger partial charge in [0.2, 0.25) is 5.43 Å². The summed E-state index contributed by atoms with van der Waals surface area (Å²) in [6.07, 6.45) is 2.97. The van der Waals surface area contributed by atoms with Crippen LogP contribution in [-0.4, -0.2) is 45.3 Å². The van der Waals surface area contributed by atoms with Crippen molar-refractivity contribution in [3.63, 3.8) is 0 Å². The molecule has 0 atom stereocenters. The normalized spacial score (nSPS) is 14.7. The highest BCUT2D eigenvalue weighted by molar-refractivity contribution is 7.17. The first-order valence-corrected chi connectivity index (χ1v) is 11.0. The van der Waals surface area contributed by atoms with Gasteiger partial charge in [0.15, 0.2) is 17.3 Å². The second kappa shape index (κ2) is 8.93. The number of nitrogens with zero attached hydrogens (tertiary/aromatic N) is 2. The molecule has 2 aromatic heterocycles. The van der Waals surface area contributed by atoms with Crippen LogP contribution in [0, 0.1) is 0 Å². The fourth-order valence-electron chi connectivity index (χ4n) is 3.65. The number of rotatable bonds is 6. The molecule has 0 N–H and O–H groups in total. The van der Waals surface area contributed by atoms with Crippen molar-refractivity contribution in [3.05, 3.63) is 51.0 Å². The fourth-order valence-corrected chi connectivity index (χ4v) is 4.56. The number of ether oxygens (including phenoxy) is 1. The van der Waals surface area contributed by atoms with Crippen molar-refractivity contribution in [2.24, 2.45) is 4.99 Å². The third kappa shape index (κ3) is 3.95. The average Bonchev–Trinajstić information content (AvgIpc) is 3.20. The fraction of sp³-hybridized carbons (Fsp3) is 0.348. The van der Waals surface area contributed by atoms with Gasteiger partial charge in [-0.05, 0) is 18.1 Å². The summed E-state index contributed by atoms with van der Waals surface area (Å²) in [5.41, 5.74) is 3.65. The van der Waals surface area contributed by atoms with Crippen LogP contribution in [0.4, 0.5) is 5.88 Å². The second-order valence-electron chi connectivity index (χ2n) is 7.22. The number of hydrogen-bond donors (Lipinski definition) is 0. The Hall–Kier alpha value is -2.77. The van der Waals surface area contributed by atoms with E-state index in [9.17, 15) is 9.59 Å². The van der Waals surface area contributed by atoms with Gasteiger partial charge in [-0.2, -0.15) is 0 Å². The lowest BCUT2D eigenvalue weighted by Gasteiger charge is -2.27. The molecule has 7 heteroatoms. The third-order valence-electron chi connectivity index (χ3n) is 5.16. The third-order valence-corrected chi connectivity index (χ3v) is 6.14. The van der Waals surface area contributed by atoms with Gasteiger partial charge < -0.3 is 14.1 Å². The molecule has 0 unspecified atom stereocenters. The molecule has 3 heterocycles. The molecule has 156 valence electrons. The number of fused-ring (bicyclic) bond motifs is 1. The van der Waals surface area contributed by atoms with Crippen LogP contribution >= 0.6 is 11.3 Å². The number of ketones is 1. The lowest BCUT2D eigenvalue weighted by Crippen LogP contribution is -2.36. The zero-order valence-corrected chi connectivity index (χ0v) is 18.0. The monoisotopic (exact) mass is 424 g/mol. The molecule has 1 aliphatic heterocycles. The number of morpholine rings is 1. The van der Waals surface area contributed by atoms with E-state index in [0.29, 0.717) is 54.5 Å². The van der Waals surface area contributed by atoms with Crippen LogP contribution in [0.5, 0.6) is 0 Å². The molecule has 0 spiro atoms. The van der Waals surface area contributed by atoms with E-state index >= 15 is 0 Å². The van der Waals surface area contributed by atoms with E-state index in [-0.39, 0.29) is 11.2 Å². The number of Topliss-reactive ketones (excluding diaryl/α,β-unsaturated/α-hetero) is 1. The minimum Gasteiger partial charge on any atom is -0.439 e. The Morgan fingerprint density at radius 1 is 1.27 bits per heavy atom. The van der Waals surface area contributed by atoms with Crippen molar-refractivity contribution in [2.45, 2.75) is 19.8 Å². The van der Waals surface area contributed by atoms with Gasteiger partial charge >= 0.3 is 0 Å². The van der Waals surface area contributed by atoms with Crippen LogP contribution in [0.3, 0.4) is 0 Å². The smallest absolute Gasteiger partial charge is 0.204 e. The molecule has 0 amide bonds. The van der Waals surface area contributed by atoms with Crippen LogP contribution in [0.2, 0.25) is 0 Å². The average molecular weight is 425 g/mol. The Morgan fingerprint density at radius 3 is 2.80 bits per heavy atom. The van der Waals surface area contributed by atoms with E-state index in [2.05, 4.69) is 4.99 Å². The van der Waals surface area contributed by atoms with Gasteiger partial charge in [-0.15, -0.1) is 11.3 Å². The Bertz CT molecular complexity index is 1160. The molecular formula is C23H24N2O4S. The van der Waals surface area contributed by atoms with Gasteiger partial charge in [-0.3, -0.25) is 14.6 Å². The lowest BCUT2D eigenvalue weighted by molar-refractivity contribution is 0.0981. The zero-order chi connectivity index (χ0) is 21.1. The molecule has 3 aromatic rings. The summed E-state index contributed by atoms with van der Waals surface area (Å²) in [5.74, 6) is 0.650. The molecule has 6 nitrogen and oxygen atoms in total. The summed E-state index contributed by atoms with van der Waals surface area (Å²) < 4.78 is 12.2. The molecule has 0 aliphatic carbocycles. The van der Waals surface area contributed by atoms with Crippen LogP contribution in [0.1, 0.15) is 35.7 Å². The van der Waals surface area contributed by atoms with Crippen molar-refractivity contribution in [1.82, 2.24) is 0 Å². The van der Waals surface area contributed by atoms with Gasteiger partial charge in [0.25, 0.3) is 0 Å². The molecule has 4 rings (SSSR count). The van der Waals surface area contributed by atoms with Gasteiger partial charge in [0.05, 0.1) is 13.2 Å². The maximum atomic E-state index is 12.7. The number of thiophene rings is 1. The van der Waals surface area contributed by atoms with Crippen molar-refractivity contribution in [2.75, 3.05) is 38.3 Å². The van der Waals surface area contributed by atoms with E-state index in [1.54, 1.807) is 19.3 Å². The minimum atomic E-state index is -0.0500. The molecule has 1 fully saturated rings. The SMILES string of the molecule is CCCC(=O)c1cc(-c2csc3c(=O)cc(N4CCOCC4)oc23)ccc1C=NC. The van der Waals surface area contributed by atoms with Gasteiger partial charge in [0.1, 0.15) is 4.70 Å². The van der Waals surface area contributed by atoms with Crippen LogP contribution < -0.4 is 10.3 Å². The first-order chi connectivity index (χ1) is 14.6. The predicted molar refractivity (Wildman–Crippen MR) is 122 cm³/mol. The molecular weight excluding hydrogens is 400 g/mol. The first kappa shape index (κ1) is 20.5. The summed E-state index contributed by atoms with van der Waals surface area (Å²) in [6.45, 7) is 4.59. The van der Waals surface area contributed by atoms with Crippen LogP contribution in [0.25, 0.3) is 21.4 Å². The van der Waals surface area contributed by atoms with E-state index in [4.69, 9.17) is 9.15 Å². The summed E-state index contributed by atoms with van der Waals surface area (Å²) >= 11 is 1.37. The van der Waals surface area contributed by atoms with Crippen molar-refractivity contribution >= 4 is 39.5 Å². The molecule has 0 bridgehead atoms. The topological polar surface area (TPSA) is 72.1 Å². The Morgan fingerprint density at radius 2 is 2.07 bits per heavy atom. The molecule has 1 saturated heterocycles. The summed E-state index contributed by atoms with van der Waals surface area (Å²) in [7, 11) is 1.69. The maximum Gasteiger partial charge on any atom is 0.204 e. The lowest BCUT2D eigenvalue weighted by atomic mass is 9.96. The molecule has 0 saturated carbocycles. The van der Waals surface area contributed by atoms with Gasteiger partial charge in [-0.25, -0.2) is 0 Å². The number of benzene rings is 1. The van der Waals surface area contributed by atoms with E-state index in [0.717, 1.165) is 23.1 Å². The number of carbonyl (C=O) groups is 1. The summed E-state index contributed by atoms with van der Waals surface area (Å²) in [5, 5.41) is 1.93. The summed E-state index contributed by atoms with van der Waals surface area (Å²) in [4.78, 5) is 31.5. The summed E-state index contributed by atoms with van der Waals surface area (Å²) in [6, 6.07) is 7.30. The van der Waals surface area contributed by atoms with E-state index < -0.39 is 0 Å². The van der Waals surface area contributed by atoms with Crippen LogP contribution in [-0.2, 0) is 4.74 Å². The Labute approximate surface area is 178 Å². The number of anilines is 1. The molecule has 1 aliphatic rings. The first-order valence-electron chi connectivity index (χ1n) is 10.1. The van der Waals surface area contributed by atoms with Crippen LogP contribution in [0.15, 0.2) is 43.8 Å². The van der Waals surface area contributed by atoms with Crippen molar-refractivity contribution < 1.29 is 13.9 Å². The largest absolute Gasteiger partial charge is 0.439 e. The van der Waals surface area contributed by atoms with Crippen molar-refractivity contribution in [1.29, 1.82) is 0 Å². The predicted octanol–water partition coefficient (Wildman–Crippen LogP) is 4.39. The number of carbonyl (C=O) groups excluding carboxylic acids is 1. The van der Waals surface area contributed by atoms with E-state index in [1.165, 1.54) is 11.3 Å². The standard InChI is InChI=1S/C23H24N2O4S/c1-3-4-19(26)17-11-15(5-6-16(17)13-24-2)18-14-30-23-20(27)12-21(29-22(18)23)25-7-9-28-10-8-25/h5-6,11-14H,3-4,7-10H2,1-2H3. The Kier molecular flexibility index (Phi) is 6.11. The Balaban J connectivity index is 1.82. The molecule has 1 aromatic carbocycles. The van der Waals surface area contributed by atoms with Gasteiger partial charge in [-0.1, -0.05) is 19.1 Å². The number of hydrogen-bond acceptors (Lipinski definition) is 7. The highest BCUT2D eigenvalue weighted by atomic mass is 32.1. The molecule has 30 heavy (non-hydrogen) atoms. The second-order valence-corrected chi connectivity index (χ2v) is 8.10.